The summed E-state index contributed by atoms with van der Waals surface area (Å²) in [6.07, 6.45) is 3.15. The van der Waals surface area contributed by atoms with Gasteiger partial charge in [0.15, 0.2) is 0 Å². The van der Waals surface area contributed by atoms with Crippen LogP contribution in [0.3, 0.4) is 0 Å². The SMILES string of the molecule is CCN(CC)C(=O)c1ccc(S(=O)(=O)NC2CC3CCC2(C)C3(C)C)cc1. The molecule has 150 valence electrons. The van der Waals surface area contributed by atoms with Gasteiger partial charge in [-0.1, -0.05) is 20.8 Å². The number of carbonyl (C=O) groups excluding carboxylic acids is 1. The maximum atomic E-state index is 12.9. The third-order valence-electron chi connectivity index (χ3n) is 7.55. The molecule has 27 heavy (non-hydrogen) atoms. The fourth-order valence-electron chi connectivity index (χ4n) is 5.11. The van der Waals surface area contributed by atoms with Gasteiger partial charge in [0.25, 0.3) is 5.91 Å². The van der Waals surface area contributed by atoms with Gasteiger partial charge in [-0.3, -0.25) is 4.79 Å². The third kappa shape index (κ3) is 3.21. The lowest BCUT2D eigenvalue weighted by molar-refractivity contribution is 0.0773. The van der Waals surface area contributed by atoms with Gasteiger partial charge in [-0.15, -0.1) is 0 Å². The van der Waals surface area contributed by atoms with E-state index < -0.39 is 10.0 Å². The van der Waals surface area contributed by atoms with Crippen LogP contribution in [-0.4, -0.2) is 38.4 Å². The average molecular weight is 393 g/mol. The first kappa shape index (κ1) is 20.3. The van der Waals surface area contributed by atoms with Crippen molar-refractivity contribution in [2.45, 2.75) is 64.8 Å². The number of hydrogen-bond acceptors (Lipinski definition) is 3. The van der Waals surface area contributed by atoms with Crippen LogP contribution >= 0.6 is 0 Å². The van der Waals surface area contributed by atoms with Gasteiger partial charge in [-0.2, -0.15) is 0 Å². The third-order valence-corrected chi connectivity index (χ3v) is 9.04. The number of benzene rings is 1. The Balaban J connectivity index is 1.78. The number of fused-ring (bicyclic) bond motifs is 2. The van der Waals surface area contributed by atoms with E-state index in [1.807, 2.05) is 13.8 Å². The number of amides is 1. The van der Waals surface area contributed by atoms with E-state index in [4.69, 9.17) is 0 Å². The molecule has 1 aromatic rings. The Bertz CT molecular complexity index is 812. The van der Waals surface area contributed by atoms with Gasteiger partial charge in [-0.05, 0) is 74.1 Å². The van der Waals surface area contributed by atoms with Crippen molar-refractivity contribution in [3.63, 3.8) is 0 Å². The second-order valence-electron chi connectivity index (χ2n) is 8.79. The minimum Gasteiger partial charge on any atom is -0.339 e. The van der Waals surface area contributed by atoms with Gasteiger partial charge in [0.1, 0.15) is 0 Å². The average Bonchev–Trinajstić information content (AvgIpc) is 2.96. The number of hydrogen-bond donors (Lipinski definition) is 1. The summed E-state index contributed by atoms with van der Waals surface area (Å²) < 4.78 is 28.8. The molecule has 0 heterocycles. The van der Waals surface area contributed by atoms with Crippen molar-refractivity contribution in [1.82, 2.24) is 9.62 Å². The fourth-order valence-corrected chi connectivity index (χ4v) is 6.47. The molecule has 0 aromatic heterocycles. The fraction of sp³-hybridized carbons (Fsp3) is 0.667. The molecular formula is C21H32N2O3S. The predicted molar refractivity (Wildman–Crippen MR) is 107 cm³/mol. The number of nitrogens with one attached hydrogen (secondary N) is 1. The first-order chi connectivity index (χ1) is 12.6. The summed E-state index contributed by atoms with van der Waals surface area (Å²) in [5.41, 5.74) is 0.662. The molecule has 2 aliphatic carbocycles. The van der Waals surface area contributed by atoms with Gasteiger partial charge in [0, 0.05) is 24.7 Å². The highest BCUT2D eigenvalue weighted by Crippen LogP contribution is 2.65. The lowest BCUT2D eigenvalue weighted by Crippen LogP contribution is -2.46. The topological polar surface area (TPSA) is 66.5 Å². The van der Waals surface area contributed by atoms with Crippen LogP contribution in [-0.2, 0) is 10.0 Å². The van der Waals surface area contributed by atoms with Gasteiger partial charge < -0.3 is 4.90 Å². The van der Waals surface area contributed by atoms with Crippen LogP contribution in [0.5, 0.6) is 0 Å². The summed E-state index contributed by atoms with van der Waals surface area (Å²) in [6.45, 7) is 11.9. The van der Waals surface area contributed by atoms with Crippen LogP contribution in [0.25, 0.3) is 0 Å². The highest BCUT2D eigenvalue weighted by Gasteiger charge is 2.61. The normalized spacial score (nSPS) is 29.1. The lowest BCUT2D eigenvalue weighted by Gasteiger charge is -2.39. The highest BCUT2D eigenvalue weighted by molar-refractivity contribution is 7.89. The van der Waals surface area contributed by atoms with Crippen molar-refractivity contribution in [2.24, 2.45) is 16.7 Å². The van der Waals surface area contributed by atoms with E-state index in [0.717, 1.165) is 12.8 Å². The largest absolute Gasteiger partial charge is 0.339 e. The Morgan fingerprint density at radius 2 is 1.74 bits per heavy atom. The quantitative estimate of drug-likeness (QED) is 0.803. The van der Waals surface area contributed by atoms with Crippen molar-refractivity contribution < 1.29 is 13.2 Å². The number of sulfonamides is 1. The molecule has 0 spiro atoms. The molecule has 0 aliphatic heterocycles. The minimum atomic E-state index is -3.60. The summed E-state index contributed by atoms with van der Waals surface area (Å²) >= 11 is 0. The van der Waals surface area contributed by atoms with E-state index in [0.29, 0.717) is 24.6 Å². The van der Waals surface area contributed by atoms with Crippen LogP contribution in [0.4, 0.5) is 0 Å². The Morgan fingerprint density at radius 1 is 1.15 bits per heavy atom. The zero-order valence-corrected chi connectivity index (χ0v) is 17.9. The van der Waals surface area contributed by atoms with E-state index in [9.17, 15) is 13.2 Å². The van der Waals surface area contributed by atoms with E-state index in [1.54, 1.807) is 29.2 Å². The Morgan fingerprint density at radius 3 is 2.19 bits per heavy atom. The van der Waals surface area contributed by atoms with Gasteiger partial charge >= 0.3 is 0 Å². The predicted octanol–water partition coefficient (Wildman–Crippen LogP) is 3.66. The maximum Gasteiger partial charge on any atom is 0.253 e. The standard InChI is InChI=1S/C21H32N2O3S/c1-6-23(7-2)19(24)15-8-10-17(11-9-15)27(25,26)22-18-14-16-12-13-21(18,5)20(16,3)4/h8-11,16,18,22H,6-7,12-14H2,1-5H3. The van der Waals surface area contributed by atoms with Crippen LogP contribution in [0.1, 0.15) is 64.2 Å². The number of nitrogens with zero attached hydrogens (tertiary/aromatic N) is 1. The van der Waals surface area contributed by atoms with Gasteiger partial charge in [-0.25, -0.2) is 13.1 Å². The van der Waals surface area contributed by atoms with Gasteiger partial charge in [0.2, 0.25) is 10.0 Å². The first-order valence-electron chi connectivity index (χ1n) is 9.98. The Labute approximate surface area is 163 Å². The molecule has 2 saturated carbocycles. The molecule has 1 aromatic carbocycles. The maximum absolute atomic E-state index is 12.9. The molecule has 1 amide bonds. The summed E-state index contributed by atoms with van der Waals surface area (Å²) in [4.78, 5) is 14.4. The minimum absolute atomic E-state index is 0.0105. The summed E-state index contributed by atoms with van der Waals surface area (Å²) in [7, 11) is -3.60. The summed E-state index contributed by atoms with van der Waals surface area (Å²) in [6, 6.07) is 6.27. The van der Waals surface area contributed by atoms with Crippen molar-refractivity contribution in [1.29, 1.82) is 0 Å². The smallest absolute Gasteiger partial charge is 0.253 e. The second kappa shape index (κ2) is 6.89. The molecule has 3 unspecified atom stereocenters. The van der Waals surface area contributed by atoms with E-state index in [-0.39, 0.29) is 27.7 Å². The molecule has 2 bridgehead atoms. The molecular weight excluding hydrogens is 360 g/mol. The van der Waals surface area contributed by atoms with Crippen molar-refractivity contribution >= 4 is 15.9 Å². The molecule has 6 heteroatoms. The molecule has 0 radical (unpaired) electrons. The molecule has 5 nitrogen and oxygen atoms in total. The van der Waals surface area contributed by atoms with Gasteiger partial charge in [0.05, 0.1) is 4.90 Å². The second-order valence-corrected chi connectivity index (χ2v) is 10.5. The molecule has 3 atom stereocenters. The molecule has 2 aliphatic rings. The van der Waals surface area contributed by atoms with Crippen molar-refractivity contribution in [3.05, 3.63) is 29.8 Å². The monoisotopic (exact) mass is 392 g/mol. The van der Waals surface area contributed by atoms with E-state index in [2.05, 4.69) is 25.5 Å². The van der Waals surface area contributed by atoms with Crippen molar-refractivity contribution in [2.75, 3.05) is 13.1 Å². The lowest BCUT2D eigenvalue weighted by atomic mass is 9.69. The summed E-state index contributed by atoms with van der Waals surface area (Å²) in [5, 5.41) is 0. The first-order valence-corrected chi connectivity index (χ1v) is 11.5. The van der Waals surface area contributed by atoms with Crippen LogP contribution in [0.15, 0.2) is 29.2 Å². The Hall–Kier alpha value is -1.40. The molecule has 1 N–H and O–H groups in total. The zero-order valence-electron chi connectivity index (χ0n) is 17.1. The van der Waals surface area contributed by atoms with Crippen LogP contribution in [0.2, 0.25) is 0 Å². The Kier molecular flexibility index (Phi) is 5.19. The van der Waals surface area contributed by atoms with Crippen LogP contribution in [0, 0.1) is 16.7 Å². The van der Waals surface area contributed by atoms with Crippen molar-refractivity contribution in [3.8, 4) is 0 Å². The van der Waals surface area contributed by atoms with Crippen LogP contribution < -0.4 is 4.72 Å². The summed E-state index contributed by atoms with van der Waals surface area (Å²) in [5.74, 6) is 0.503. The number of carbonyl (C=O) groups is 1. The van der Waals surface area contributed by atoms with E-state index in [1.165, 1.54) is 6.42 Å². The highest BCUT2D eigenvalue weighted by atomic mass is 32.2. The molecule has 0 saturated heterocycles. The molecule has 2 fully saturated rings. The number of rotatable bonds is 6. The zero-order chi connectivity index (χ0) is 20.0. The van der Waals surface area contributed by atoms with E-state index >= 15 is 0 Å². The molecule has 3 rings (SSSR count).